The normalized spacial score (nSPS) is 25.8. The van der Waals surface area contributed by atoms with Crippen molar-refractivity contribution in [2.24, 2.45) is 5.92 Å². The highest BCUT2D eigenvalue weighted by molar-refractivity contribution is 5.88. The molecule has 1 saturated carbocycles. The lowest BCUT2D eigenvalue weighted by Gasteiger charge is -2.47. The first-order valence-electron chi connectivity index (χ1n) is 9.65. The first-order chi connectivity index (χ1) is 12.7. The van der Waals surface area contributed by atoms with Crippen LogP contribution in [0.15, 0.2) is 60.7 Å². The van der Waals surface area contributed by atoms with Gasteiger partial charge in [-0.05, 0) is 30.4 Å². The van der Waals surface area contributed by atoms with Crippen molar-refractivity contribution in [3.8, 4) is 0 Å². The van der Waals surface area contributed by atoms with Crippen LogP contribution in [0.5, 0.6) is 0 Å². The standard InChI is InChI=1S/C23H25NO2/c25-21-13-7-12-20-23(21)19(18-10-5-2-6-11-18)16-22(26)24(20)15-14-17-8-3-1-4-9-17/h1-6,8-11,19-20,23H,7,12-16H2/t19-,20?,23?/m1/s1. The van der Waals surface area contributed by atoms with Crippen molar-refractivity contribution in [3.63, 3.8) is 0 Å². The quantitative estimate of drug-likeness (QED) is 0.839. The molecule has 134 valence electrons. The van der Waals surface area contributed by atoms with Crippen LogP contribution in [0, 0.1) is 5.92 Å². The first-order valence-corrected chi connectivity index (χ1v) is 9.65. The van der Waals surface area contributed by atoms with E-state index in [1.54, 1.807) is 0 Å². The fourth-order valence-corrected chi connectivity index (χ4v) is 4.72. The van der Waals surface area contributed by atoms with Crippen LogP contribution in [0.25, 0.3) is 0 Å². The maximum atomic E-state index is 13.0. The van der Waals surface area contributed by atoms with Crippen molar-refractivity contribution >= 4 is 11.7 Å². The predicted octanol–water partition coefficient (Wildman–Crippen LogP) is 3.98. The molecule has 3 heteroatoms. The van der Waals surface area contributed by atoms with E-state index in [4.69, 9.17) is 0 Å². The number of likely N-dealkylation sites (tertiary alicyclic amines) is 1. The number of hydrogen-bond acceptors (Lipinski definition) is 2. The molecule has 2 aromatic carbocycles. The minimum absolute atomic E-state index is 0.0366. The van der Waals surface area contributed by atoms with E-state index in [1.165, 1.54) is 5.56 Å². The Kier molecular flexibility index (Phi) is 4.87. The smallest absolute Gasteiger partial charge is 0.223 e. The number of carbonyl (C=O) groups is 2. The van der Waals surface area contributed by atoms with Gasteiger partial charge in [-0.25, -0.2) is 0 Å². The predicted molar refractivity (Wildman–Crippen MR) is 102 cm³/mol. The molecule has 2 aromatic rings. The molecule has 3 nitrogen and oxygen atoms in total. The topological polar surface area (TPSA) is 37.4 Å². The third-order valence-electron chi connectivity index (χ3n) is 5.97. The molecule has 0 spiro atoms. The average molecular weight is 347 g/mol. The third-order valence-corrected chi connectivity index (χ3v) is 5.97. The molecule has 4 rings (SSSR count). The summed E-state index contributed by atoms with van der Waals surface area (Å²) in [5.41, 5.74) is 2.37. The molecule has 0 radical (unpaired) electrons. The second-order valence-corrected chi connectivity index (χ2v) is 7.50. The molecule has 0 N–H and O–H groups in total. The van der Waals surface area contributed by atoms with Crippen molar-refractivity contribution in [1.29, 1.82) is 0 Å². The highest BCUT2D eigenvalue weighted by Crippen LogP contribution is 2.42. The molecule has 1 amide bonds. The van der Waals surface area contributed by atoms with Gasteiger partial charge in [0.05, 0.1) is 0 Å². The highest BCUT2D eigenvalue weighted by atomic mass is 16.2. The van der Waals surface area contributed by atoms with E-state index in [-0.39, 0.29) is 23.8 Å². The van der Waals surface area contributed by atoms with Gasteiger partial charge in [-0.1, -0.05) is 60.7 Å². The molecule has 1 aliphatic carbocycles. The van der Waals surface area contributed by atoms with Gasteiger partial charge < -0.3 is 4.90 Å². The highest BCUT2D eigenvalue weighted by Gasteiger charge is 2.47. The maximum Gasteiger partial charge on any atom is 0.223 e. The number of piperidine rings is 1. The third kappa shape index (κ3) is 3.31. The molecule has 0 bridgehead atoms. The van der Waals surface area contributed by atoms with Gasteiger partial charge in [-0.2, -0.15) is 0 Å². The van der Waals surface area contributed by atoms with Crippen molar-refractivity contribution in [3.05, 3.63) is 71.8 Å². The summed E-state index contributed by atoms with van der Waals surface area (Å²) in [5.74, 6) is 0.534. The van der Waals surface area contributed by atoms with E-state index in [2.05, 4.69) is 24.3 Å². The largest absolute Gasteiger partial charge is 0.339 e. The summed E-state index contributed by atoms with van der Waals surface area (Å²) in [7, 11) is 0. The van der Waals surface area contributed by atoms with Crippen LogP contribution in [0.1, 0.15) is 42.7 Å². The van der Waals surface area contributed by atoms with Crippen LogP contribution >= 0.6 is 0 Å². The molecular weight excluding hydrogens is 322 g/mol. The maximum absolute atomic E-state index is 13.0. The molecule has 2 fully saturated rings. The van der Waals surface area contributed by atoms with Crippen LogP contribution in [0.4, 0.5) is 0 Å². The number of amides is 1. The first kappa shape index (κ1) is 17.0. The van der Waals surface area contributed by atoms with E-state index < -0.39 is 0 Å². The van der Waals surface area contributed by atoms with E-state index in [0.29, 0.717) is 25.2 Å². The number of carbonyl (C=O) groups excluding carboxylic acids is 2. The van der Waals surface area contributed by atoms with Crippen LogP contribution in [0.3, 0.4) is 0 Å². The lowest BCUT2D eigenvalue weighted by molar-refractivity contribution is -0.146. The minimum Gasteiger partial charge on any atom is -0.339 e. The van der Waals surface area contributed by atoms with Gasteiger partial charge in [0, 0.05) is 37.3 Å². The van der Waals surface area contributed by atoms with Crippen LogP contribution in [-0.4, -0.2) is 29.2 Å². The zero-order valence-electron chi connectivity index (χ0n) is 15.0. The Morgan fingerprint density at radius 3 is 2.35 bits per heavy atom. The van der Waals surface area contributed by atoms with Gasteiger partial charge in [0.2, 0.25) is 5.91 Å². The van der Waals surface area contributed by atoms with Gasteiger partial charge >= 0.3 is 0 Å². The summed E-state index contributed by atoms with van der Waals surface area (Å²) in [6.45, 7) is 0.707. The molecule has 1 saturated heterocycles. The second kappa shape index (κ2) is 7.45. The molecule has 2 aliphatic rings. The SMILES string of the molecule is O=C1CCCC2C1[C@@H](c1ccccc1)CC(=O)N2CCc1ccccc1. The molecule has 3 atom stereocenters. The van der Waals surface area contributed by atoms with Crippen molar-refractivity contribution in [1.82, 2.24) is 4.90 Å². The lowest BCUT2D eigenvalue weighted by atomic mass is 9.68. The summed E-state index contributed by atoms with van der Waals surface area (Å²) in [4.78, 5) is 27.8. The Labute approximate surface area is 155 Å². The van der Waals surface area contributed by atoms with Gasteiger partial charge in [0.25, 0.3) is 0 Å². The van der Waals surface area contributed by atoms with E-state index >= 15 is 0 Å². The van der Waals surface area contributed by atoms with Crippen LogP contribution < -0.4 is 0 Å². The Bertz CT molecular complexity index is 771. The number of Topliss-reactive ketones (excluding diaryl/α,β-unsaturated/α-hetero) is 1. The number of nitrogens with zero attached hydrogens (tertiary/aromatic N) is 1. The number of fused-ring (bicyclic) bond motifs is 1. The van der Waals surface area contributed by atoms with Gasteiger partial charge in [0.1, 0.15) is 5.78 Å². The van der Waals surface area contributed by atoms with Crippen molar-refractivity contribution in [2.75, 3.05) is 6.54 Å². The second-order valence-electron chi connectivity index (χ2n) is 7.50. The Morgan fingerprint density at radius 1 is 0.923 bits per heavy atom. The molecule has 26 heavy (non-hydrogen) atoms. The summed E-state index contributed by atoms with van der Waals surface area (Å²) < 4.78 is 0. The zero-order valence-corrected chi connectivity index (χ0v) is 15.0. The monoisotopic (exact) mass is 347 g/mol. The Hall–Kier alpha value is -2.42. The molecule has 2 unspecified atom stereocenters. The van der Waals surface area contributed by atoms with E-state index in [9.17, 15) is 9.59 Å². The van der Waals surface area contributed by atoms with Crippen LogP contribution in [0.2, 0.25) is 0 Å². The average Bonchev–Trinajstić information content (AvgIpc) is 2.68. The lowest BCUT2D eigenvalue weighted by Crippen LogP contribution is -2.55. The van der Waals surface area contributed by atoms with Gasteiger partial charge in [0.15, 0.2) is 0 Å². The Morgan fingerprint density at radius 2 is 1.62 bits per heavy atom. The van der Waals surface area contributed by atoms with Crippen LogP contribution in [-0.2, 0) is 16.0 Å². The van der Waals surface area contributed by atoms with Gasteiger partial charge in [-0.15, -0.1) is 0 Å². The van der Waals surface area contributed by atoms with E-state index in [1.807, 2.05) is 41.3 Å². The fourth-order valence-electron chi connectivity index (χ4n) is 4.72. The van der Waals surface area contributed by atoms with Crippen molar-refractivity contribution < 1.29 is 9.59 Å². The van der Waals surface area contributed by atoms with E-state index in [0.717, 1.165) is 24.8 Å². The summed E-state index contributed by atoms with van der Waals surface area (Å²) in [6, 6.07) is 20.5. The molecule has 0 aromatic heterocycles. The molecule has 1 aliphatic heterocycles. The fraction of sp³-hybridized carbons (Fsp3) is 0.391. The summed E-state index contributed by atoms with van der Waals surface area (Å²) >= 11 is 0. The molecule has 1 heterocycles. The van der Waals surface area contributed by atoms with Crippen molar-refractivity contribution in [2.45, 2.75) is 44.1 Å². The number of benzene rings is 2. The number of rotatable bonds is 4. The summed E-state index contributed by atoms with van der Waals surface area (Å²) in [6.07, 6.45) is 3.80. The number of ketones is 1. The zero-order chi connectivity index (χ0) is 17.9. The minimum atomic E-state index is -0.0420. The van der Waals surface area contributed by atoms with Gasteiger partial charge in [-0.3, -0.25) is 9.59 Å². The number of hydrogen-bond donors (Lipinski definition) is 0. The molecular formula is C23H25NO2. The Balaban J connectivity index is 1.58. The summed E-state index contributed by atoms with van der Waals surface area (Å²) in [5, 5.41) is 0.